The number of hydrogen-bond donors (Lipinski definition) is 0. The first-order valence-corrected chi connectivity index (χ1v) is 9.04. The lowest BCUT2D eigenvalue weighted by Gasteiger charge is -2.14. The summed E-state index contributed by atoms with van der Waals surface area (Å²) < 4.78 is 2.83. The molecule has 0 atom stereocenters. The van der Waals surface area contributed by atoms with Crippen molar-refractivity contribution in [3.8, 4) is 11.4 Å². The third-order valence-electron chi connectivity index (χ3n) is 3.45. The highest BCUT2D eigenvalue weighted by molar-refractivity contribution is 9.10. The first kappa shape index (κ1) is 14.9. The van der Waals surface area contributed by atoms with Crippen molar-refractivity contribution in [1.29, 1.82) is 0 Å². The number of benzene rings is 2. The lowest BCUT2D eigenvalue weighted by Crippen LogP contribution is -2.13. The Morgan fingerprint density at radius 2 is 1.65 bits per heavy atom. The van der Waals surface area contributed by atoms with Crippen LogP contribution in [0.15, 0.2) is 63.3 Å². The van der Waals surface area contributed by atoms with E-state index in [1.165, 1.54) is 0 Å². The van der Waals surface area contributed by atoms with Gasteiger partial charge in [0, 0.05) is 20.8 Å². The summed E-state index contributed by atoms with van der Waals surface area (Å²) in [6.45, 7) is 0. The molecule has 2 aromatic carbocycles. The monoisotopic (exact) mass is 404 g/mol. The number of rotatable bonds is 2. The van der Waals surface area contributed by atoms with E-state index in [0.29, 0.717) is 0 Å². The zero-order chi connectivity index (χ0) is 15.8. The number of halogens is 2. The average Bonchev–Trinajstić information content (AvgIpc) is 2.99. The largest absolute Gasteiger partial charge is 0.212 e. The maximum Gasteiger partial charge on any atom is 0.212 e. The molecular weight excluding hydrogens is 396 g/mol. The molecule has 4 rings (SSSR count). The predicted octanol–water partition coefficient (Wildman–Crippen LogP) is 4.72. The lowest BCUT2D eigenvalue weighted by molar-refractivity contribution is 0.762. The van der Waals surface area contributed by atoms with Gasteiger partial charge in [-0.2, -0.15) is 9.78 Å². The van der Waals surface area contributed by atoms with E-state index in [0.717, 1.165) is 43.1 Å². The van der Waals surface area contributed by atoms with Gasteiger partial charge in [0.15, 0.2) is 5.82 Å². The van der Waals surface area contributed by atoms with Crippen molar-refractivity contribution in [3.05, 3.63) is 63.6 Å². The lowest BCUT2D eigenvalue weighted by atomic mass is 10.1. The van der Waals surface area contributed by atoms with E-state index in [2.05, 4.69) is 26.1 Å². The summed E-state index contributed by atoms with van der Waals surface area (Å²) in [7, 11) is 0. The molecule has 23 heavy (non-hydrogen) atoms. The minimum absolute atomic E-state index is 0.721. The normalized spacial score (nSPS) is 13.6. The van der Waals surface area contributed by atoms with Crippen LogP contribution in [0, 0.1) is 0 Å². The van der Waals surface area contributed by atoms with Gasteiger partial charge in [0.1, 0.15) is 0 Å². The van der Waals surface area contributed by atoms with E-state index >= 15 is 0 Å². The van der Waals surface area contributed by atoms with E-state index in [4.69, 9.17) is 16.7 Å². The van der Waals surface area contributed by atoms with Crippen molar-refractivity contribution in [1.82, 2.24) is 14.9 Å². The summed E-state index contributed by atoms with van der Waals surface area (Å²) in [6.07, 6.45) is 0. The molecule has 3 aromatic rings. The summed E-state index contributed by atoms with van der Waals surface area (Å²) in [5.41, 5.74) is 3.02. The van der Waals surface area contributed by atoms with Gasteiger partial charge < -0.3 is 0 Å². The second-order valence-electron chi connectivity index (χ2n) is 4.97. The minimum Gasteiger partial charge on any atom is -0.187 e. The highest BCUT2D eigenvalue weighted by Crippen LogP contribution is 2.29. The predicted molar refractivity (Wildman–Crippen MR) is 97.3 cm³/mol. The van der Waals surface area contributed by atoms with Crippen LogP contribution >= 0.6 is 39.3 Å². The average molecular weight is 406 g/mol. The van der Waals surface area contributed by atoms with Gasteiger partial charge in [-0.15, -0.1) is 10.2 Å². The van der Waals surface area contributed by atoms with Crippen molar-refractivity contribution in [2.24, 2.45) is 5.10 Å². The Morgan fingerprint density at radius 3 is 2.39 bits per heavy atom. The SMILES string of the molecule is Clc1ccc(C2=Nn3c(nnc3-c3ccc(Br)cc3)SC2)cc1. The van der Waals surface area contributed by atoms with E-state index in [-0.39, 0.29) is 0 Å². The highest BCUT2D eigenvalue weighted by Gasteiger charge is 2.20. The van der Waals surface area contributed by atoms with E-state index in [9.17, 15) is 0 Å². The minimum atomic E-state index is 0.721. The molecule has 0 amide bonds. The molecule has 0 bridgehead atoms. The van der Waals surface area contributed by atoms with Crippen LogP contribution in [-0.2, 0) is 0 Å². The smallest absolute Gasteiger partial charge is 0.187 e. The fraction of sp³-hybridized carbons (Fsp3) is 0.0625. The van der Waals surface area contributed by atoms with Crippen LogP contribution in [0.1, 0.15) is 5.56 Å². The van der Waals surface area contributed by atoms with E-state index in [1.54, 1.807) is 16.4 Å². The van der Waals surface area contributed by atoms with Crippen LogP contribution in [0.2, 0.25) is 5.02 Å². The summed E-state index contributed by atoms with van der Waals surface area (Å²) in [6, 6.07) is 15.7. The highest BCUT2D eigenvalue weighted by atomic mass is 79.9. The zero-order valence-corrected chi connectivity index (χ0v) is 14.9. The Balaban J connectivity index is 1.77. The first-order chi connectivity index (χ1) is 11.2. The van der Waals surface area contributed by atoms with E-state index < -0.39 is 0 Å². The van der Waals surface area contributed by atoms with Crippen molar-refractivity contribution in [2.75, 3.05) is 5.75 Å². The molecule has 1 aliphatic heterocycles. The Hall–Kier alpha value is -1.63. The van der Waals surface area contributed by atoms with Crippen LogP contribution in [0.25, 0.3) is 11.4 Å². The standard InChI is InChI=1S/C16H10BrClN4S/c17-12-5-1-11(2-6-12)15-19-20-16-22(15)21-14(9-23-16)10-3-7-13(18)8-4-10/h1-8H,9H2. The van der Waals surface area contributed by atoms with Crippen LogP contribution in [0.4, 0.5) is 0 Å². The van der Waals surface area contributed by atoms with Gasteiger partial charge in [0.05, 0.1) is 5.71 Å². The third-order valence-corrected chi connectivity index (χ3v) is 5.16. The number of thioether (sulfide) groups is 1. The maximum absolute atomic E-state index is 5.96. The molecule has 0 saturated carbocycles. The first-order valence-electron chi connectivity index (χ1n) is 6.89. The number of nitrogens with zero attached hydrogens (tertiary/aromatic N) is 4. The molecule has 1 aliphatic rings. The molecule has 0 saturated heterocycles. The molecule has 114 valence electrons. The Labute approximate surface area is 150 Å². The summed E-state index contributed by atoms with van der Waals surface area (Å²) in [5.74, 6) is 1.51. The van der Waals surface area contributed by atoms with Gasteiger partial charge in [0.25, 0.3) is 0 Å². The van der Waals surface area contributed by atoms with Gasteiger partial charge in [-0.05, 0) is 29.8 Å². The van der Waals surface area contributed by atoms with Gasteiger partial charge in [-0.1, -0.05) is 63.6 Å². The molecule has 0 unspecified atom stereocenters. The fourth-order valence-corrected chi connectivity index (χ4v) is 3.52. The van der Waals surface area contributed by atoms with Crippen molar-refractivity contribution in [3.63, 3.8) is 0 Å². The second kappa shape index (κ2) is 6.11. The van der Waals surface area contributed by atoms with Crippen molar-refractivity contribution < 1.29 is 0 Å². The molecule has 0 radical (unpaired) electrons. The molecule has 0 N–H and O–H groups in total. The van der Waals surface area contributed by atoms with Crippen LogP contribution in [-0.4, -0.2) is 26.3 Å². The van der Waals surface area contributed by atoms with Crippen LogP contribution in [0.5, 0.6) is 0 Å². The van der Waals surface area contributed by atoms with Crippen LogP contribution < -0.4 is 0 Å². The molecule has 7 heteroatoms. The maximum atomic E-state index is 5.96. The molecule has 0 fully saturated rings. The van der Waals surface area contributed by atoms with Crippen LogP contribution in [0.3, 0.4) is 0 Å². The van der Waals surface area contributed by atoms with Crippen molar-refractivity contribution in [2.45, 2.75) is 5.16 Å². The summed E-state index contributed by atoms with van der Waals surface area (Å²) in [5, 5.41) is 14.8. The molecule has 0 aliphatic carbocycles. The second-order valence-corrected chi connectivity index (χ2v) is 7.26. The molecule has 4 nitrogen and oxygen atoms in total. The van der Waals surface area contributed by atoms with E-state index in [1.807, 2.05) is 48.5 Å². The topological polar surface area (TPSA) is 43.1 Å². The Bertz CT molecular complexity index is 887. The quantitative estimate of drug-likeness (QED) is 0.619. The molecule has 2 heterocycles. The summed E-state index contributed by atoms with van der Waals surface area (Å²) in [4.78, 5) is 0. The molecular formula is C16H10BrClN4S. The van der Waals surface area contributed by atoms with Gasteiger partial charge >= 0.3 is 0 Å². The fourth-order valence-electron chi connectivity index (χ4n) is 2.29. The number of hydrogen-bond acceptors (Lipinski definition) is 4. The van der Waals surface area contributed by atoms with Crippen molar-refractivity contribution >= 4 is 45.0 Å². The van der Waals surface area contributed by atoms with Gasteiger partial charge in [0.2, 0.25) is 5.16 Å². The van der Waals surface area contributed by atoms with Gasteiger partial charge in [-0.3, -0.25) is 0 Å². The Morgan fingerprint density at radius 1 is 0.957 bits per heavy atom. The number of aromatic nitrogens is 3. The number of fused-ring (bicyclic) bond motifs is 1. The summed E-state index contributed by atoms with van der Waals surface area (Å²) >= 11 is 11.0. The van der Waals surface area contributed by atoms with Gasteiger partial charge in [-0.25, -0.2) is 0 Å². The molecule has 0 spiro atoms. The zero-order valence-electron chi connectivity index (χ0n) is 11.8. The molecule has 1 aromatic heterocycles. The Kier molecular flexibility index (Phi) is 3.97. The third kappa shape index (κ3) is 2.94.